The highest BCUT2D eigenvalue weighted by Gasteiger charge is 2.13. The van der Waals surface area contributed by atoms with Crippen LogP contribution in [0, 0.1) is 11.6 Å². The number of rotatable bonds is 7. The fourth-order valence-corrected chi connectivity index (χ4v) is 2.56. The number of benzene rings is 2. The van der Waals surface area contributed by atoms with Gasteiger partial charge in [-0.25, -0.2) is 8.78 Å². The lowest BCUT2D eigenvalue weighted by Crippen LogP contribution is -2.24. The number of halogens is 2. The number of carbonyl (C=O) groups excluding carboxylic acids is 1. The monoisotopic (exact) mass is 371 g/mol. The van der Waals surface area contributed by atoms with Gasteiger partial charge in [-0.05, 0) is 25.1 Å². The van der Waals surface area contributed by atoms with Gasteiger partial charge in [0.25, 0.3) is 5.91 Å². The number of nitrogens with one attached hydrogen (secondary N) is 1. The lowest BCUT2D eigenvalue weighted by Gasteiger charge is -2.12. The SMILES string of the molecule is CCn1cc(CNC(=O)c2ccccc2COc2ccc(F)cc2F)cn1. The molecule has 2 aromatic carbocycles. The van der Waals surface area contributed by atoms with E-state index >= 15 is 0 Å². The highest BCUT2D eigenvalue weighted by atomic mass is 19.1. The van der Waals surface area contributed by atoms with Gasteiger partial charge >= 0.3 is 0 Å². The molecule has 1 heterocycles. The molecule has 5 nitrogen and oxygen atoms in total. The maximum Gasteiger partial charge on any atom is 0.251 e. The summed E-state index contributed by atoms with van der Waals surface area (Å²) in [6.07, 6.45) is 3.57. The van der Waals surface area contributed by atoms with Crippen molar-refractivity contribution in [2.75, 3.05) is 0 Å². The maximum absolute atomic E-state index is 13.7. The predicted octanol–water partition coefficient (Wildman–Crippen LogP) is 3.69. The van der Waals surface area contributed by atoms with Gasteiger partial charge in [-0.3, -0.25) is 9.48 Å². The van der Waals surface area contributed by atoms with Gasteiger partial charge < -0.3 is 10.1 Å². The zero-order chi connectivity index (χ0) is 19.2. The molecular weight excluding hydrogens is 352 g/mol. The van der Waals surface area contributed by atoms with Crippen LogP contribution in [0.1, 0.15) is 28.4 Å². The molecule has 3 rings (SSSR count). The third-order valence-electron chi connectivity index (χ3n) is 4.00. The quantitative estimate of drug-likeness (QED) is 0.689. The molecule has 0 aliphatic carbocycles. The summed E-state index contributed by atoms with van der Waals surface area (Å²) < 4.78 is 33.9. The normalized spacial score (nSPS) is 10.6. The van der Waals surface area contributed by atoms with Crippen LogP contribution in [0.15, 0.2) is 54.9 Å². The minimum Gasteiger partial charge on any atom is -0.486 e. The fraction of sp³-hybridized carbons (Fsp3) is 0.200. The first-order valence-corrected chi connectivity index (χ1v) is 8.52. The summed E-state index contributed by atoms with van der Waals surface area (Å²) >= 11 is 0. The van der Waals surface area contributed by atoms with Crippen molar-refractivity contribution in [3.8, 4) is 5.75 Å². The van der Waals surface area contributed by atoms with Crippen LogP contribution in [-0.4, -0.2) is 15.7 Å². The van der Waals surface area contributed by atoms with Crippen LogP contribution >= 0.6 is 0 Å². The molecule has 0 unspecified atom stereocenters. The molecule has 0 saturated carbocycles. The van der Waals surface area contributed by atoms with Crippen molar-refractivity contribution in [3.63, 3.8) is 0 Å². The molecular formula is C20H19F2N3O2. The van der Waals surface area contributed by atoms with Gasteiger partial charge in [0.2, 0.25) is 0 Å². The number of nitrogens with zero attached hydrogens (tertiary/aromatic N) is 2. The number of amides is 1. The average molecular weight is 371 g/mol. The summed E-state index contributed by atoms with van der Waals surface area (Å²) in [4.78, 5) is 12.5. The Kier molecular flexibility index (Phi) is 5.80. The van der Waals surface area contributed by atoms with Crippen LogP contribution in [0.25, 0.3) is 0 Å². The molecule has 0 atom stereocenters. The number of hydrogen-bond acceptors (Lipinski definition) is 3. The fourth-order valence-electron chi connectivity index (χ4n) is 2.56. The molecule has 0 aliphatic rings. The van der Waals surface area contributed by atoms with Gasteiger partial charge in [-0.15, -0.1) is 0 Å². The number of aromatic nitrogens is 2. The van der Waals surface area contributed by atoms with E-state index in [0.717, 1.165) is 24.2 Å². The maximum atomic E-state index is 13.7. The van der Waals surface area contributed by atoms with E-state index in [9.17, 15) is 13.6 Å². The highest BCUT2D eigenvalue weighted by Crippen LogP contribution is 2.20. The molecule has 0 radical (unpaired) electrons. The number of ether oxygens (including phenoxy) is 1. The summed E-state index contributed by atoms with van der Waals surface area (Å²) in [5.41, 5.74) is 1.93. The molecule has 140 valence electrons. The van der Waals surface area contributed by atoms with Gasteiger partial charge in [-0.1, -0.05) is 18.2 Å². The van der Waals surface area contributed by atoms with E-state index in [1.165, 1.54) is 6.07 Å². The summed E-state index contributed by atoms with van der Waals surface area (Å²) in [6, 6.07) is 10.0. The first kappa shape index (κ1) is 18.6. The Morgan fingerprint density at radius 3 is 2.78 bits per heavy atom. The third kappa shape index (κ3) is 4.69. The molecule has 7 heteroatoms. The van der Waals surface area contributed by atoms with E-state index in [1.54, 1.807) is 35.1 Å². The van der Waals surface area contributed by atoms with Crippen molar-refractivity contribution in [2.45, 2.75) is 26.6 Å². The third-order valence-corrected chi connectivity index (χ3v) is 4.00. The zero-order valence-electron chi connectivity index (χ0n) is 14.8. The Morgan fingerprint density at radius 1 is 1.22 bits per heavy atom. The Labute approximate surface area is 155 Å². The summed E-state index contributed by atoms with van der Waals surface area (Å²) in [7, 11) is 0. The molecule has 1 N–H and O–H groups in total. The van der Waals surface area contributed by atoms with Crippen molar-refractivity contribution in [2.24, 2.45) is 0 Å². The lowest BCUT2D eigenvalue weighted by molar-refractivity contribution is 0.0948. The second-order valence-corrected chi connectivity index (χ2v) is 5.91. The van der Waals surface area contributed by atoms with E-state index in [0.29, 0.717) is 17.7 Å². The van der Waals surface area contributed by atoms with Crippen molar-refractivity contribution in [1.29, 1.82) is 0 Å². The average Bonchev–Trinajstić information content (AvgIpc) is 3.14. The van der Waals surface area contributed by atoms with Crippen LogP contribution in [0.3, 0.4) is 0 Å². The highest BCUT2D eigenvalue weighted by molar-refractivity contribution is 5.95. The Balaban J connectivity index is 1.66. The van der Waals surface area contributed by atoms with E-state index in [-0.39, 0.29) is 18.3 Å². The van der Waals surface area contributed by atoms with Crippen molar-refractivity contribution >= 4 is 5.91 Å². The van der Waals surface area contributed by atoms with Gasteiger partial charge in [0, 0.05) is 42.0 Å². The number of hydrogen-bond donors (Lipinski definition) is 1. The lowest BCUT2D eigenvalue weighted by atomic mass is 10.1. The minimum absolute atomic E-state index is 0.0140. The van der Waals surface area contributed by atoms with Crippen LogP contribution < -0.4 is 10.1 Å². The van der Waals surface area contributed by atoms with Gasteiger partial charge in [0.15, 0.2) is 11.6 Å². The van der Waals surface area contributed by atoms with Crippen LogP contribution in [0.5, 0.6) is 5.75 Å². The minimum atomic E-state index is -0.787. The molecule has 0 fully saturated rings. The first-order chi connectivity index (χ1) is 13.1. The summed E-state index contributed by atoms with van der Waals surface area (Å²) in [5.74, 6) is -1.80. The van der Waals surface area contributed by atoms with Crippen molar-refractivity contribution < 1.29 is 18.3 Å². The van der Waals surface area contributed by atoms with Crippen molar-refractivity contribution in [3.05, 3.63) is 83.2 Å². The van der Waals surface area contributed by atoms with E-state index in [1.807, 2.05) is 13.1 Å². The van der Waals surface area contributed by atoms with Crippen LogP contribution in [0.2, 0.25) is 0 Å². The largest absolute Gasteiger partial charge is 0.486 e. The molecule has 0 spiro atoms. The molecule has 1 amide bonds. The second kappa shape index (κ2) is 8.44. The van der Waals surface area contributed by atoms with E-state index < -0.39 is 11.6 Å². The molecule has 1 aromatic heterocycles. The Morgan fingerprint density at radius 2 is 2.04 bits per heavy atom. The second-order valence-electron chi connectivity index (χ2n) is 5.91. The smallest absolute Gasteiger partial charge is 0.251 e. The summed E-state index contributed by atoms with van der Waals surface area (Å²) in [5, 5.41) is 7.00. The predicted molar refractivity (Wildman–Crippen MR) is 96.2 cm³/mol. The Hall–Kier alpha value is -3.22. The number of carbonyl (C=O) groups is 1. The zero-order valence-corrected chi connectivity index (χ0v) is 14.8. The topological polar surface area (TPSA) is 56.2 Å². The standard InChI is InChI=1S/C20H19F2N3O2/c1-2-25-12-14(11-24-25)10-23-20(26)17-6-4-3-5-15(17)13-27-19-8-7-16(21)9-18(19)22/h3-9,11-12H,2,10,13H2,1H3,(H,23,26). The van der Waals surface area contributed by atoms with Gasteiger partial charge in [0.1, 0.15) is 12.4 Å². The Bertz CT molecular complexity index is 940. The molecule has 3 aromatic rings. The molecule has 27 heavy (non-hydrogen) atoms. The van der Waals surface area contributed by atoms with Gasteiger partial charge in [0.05, 0.1) is 6.20 Å². The van der Waals surface area contributed by atoms with E-state index in [4.69, 9.17) is 4.74 Å². The first-order valence-electron chi connectivity index (χ1n) is 8.52. The molecule has 0 bridgehead atoms. The molecule has 0 saturated heterocycles. The number of aryl methyl sites for hydroxylation is 1. The van der Waals surface area contributed by atoms with Crippen molar-refractivity contribution in [1.82, 2.24) is 15.1 Å². The van der Waals surface area contributed by atoms with E-state index in [2.05, 4.69) is 10.4 Å². The molecule has 0 aliphatic heterocycles. The van der Waals surface area contributed by atoms with Crippen LogP contribution in [-0.2, 0) is 19.7 Å². The van der Waals surface area contributed by atoms with Crippen LogP contribution in [0.4, 0.5) is 8.78 Å². The summed E-state index contributed by atoms with van der Waals surface area (Å²) in [6.45, 7) is 3.07. The van der Waals surface area contributed by atoms with Gasteiger partial charge in [-0.2, -0.15) is 5.10 Å².